The molecule has 0 aromatic heterocycles. The average molecular weight is 218 g/mol. The summed E-state index contributed by atoms with van der Waals surface area (Å²) in [6, 6.07) is 9.38. The van der Waals surface area contributed by atoms with Crippen LogP contribution in [0.2, 0.25) is 0 Å². The molecular formula is C12H14N2O2. The number of hydrogen-bond donors (Lipinski definition) is 1. The lowest BCUT2D eigenvalue weighted by molar-refractivity contribution is 0.151. The Morgan fingerprint density at radius 2 is 1.94 bits per heavy atom. The van der Waals surface area contributed by atoms with Gasteiger partial charge in [-0.3, -0.25) is 0 Å². The average Bonchev–Trinajstić information content (AvgIpc) is 2.27. The van der Waals surface area contributed by atoms with Crippen molar-refractivity contribution in [2.24, 2.45) is 4.99 Å². The van der Waals surface area contributed by atoms with E-state index in [1.165, 1.54) is 0 Å². The van der Waals surface area contributed by atoms with Crippen LogP contribution < -0.4 is 0 Å². The molecule has 0 bridgehead atoms. The second kappa shape index (κ2) is 5.80. The summed E-state index contributed by atoms with van der Waals surface area (Å²) in [5.41, 5.74) is 1.55. The number of carbonyl (C=O) groups excluding carboxylic acids is 1. The second-order valence-corrected chi connectivity index (χ2v) is 3.36. The Kier molecular flexibility index (Phi) is 4.39. The number of nitrogens with one attached hydrogen (secondary N) is 1. The maximum Gasteiger partial charge on any atom is 0.434 e. The van der Waals surface area contributed by atoms with Crippen molar-refractivity contribution in [2.45, 2.75) is 20.5 Å². The molecule has 1 amide bonds. The molecule has 1 aromatic carbocycles. The molecule has 0 saturated carbocycles. The Balaban J connectivity index is 2.48. The van der Waals surface area contributed by atoms with Crippen molar-refractivity contribution in [2.75, 3.05) is 0 Å². The fourth-order valence-electron chi connectivity index (χ4n) is 0.972. The van der Waals surface area contributed by atoms with Crippen LogP contribution in [0.25, 0.3) is 0 Å². The summed E-state index contributed by atoms with van der Waals surface area (Å²) in [7, 11) is 0. The number of hydrogen-bond acceptors (Lipinski definition) is 3. The molecule has 0 spiro atoms. The number of carbonyl (C=O) groups is 1. The first-order chi connectivity index (χ1) is 7.59. The van der Waals surface area contributed by atoms with E-state index in [4.69, 9.17) is 10.1 Å². The lowest BCUT2D eigenvalue weighted by Gasteiger charge is -2.02. The summed E-state index contributed by atoms with van der Waals surface area (Å²) in [4.78, 5) is 14.8. The van der Waals surface area contributed by atoms with Crippen LogP contribution in [-0.2, 0) is 11.3 Å². The zero-order valence-corrected chi connectivity index (χ0v) is 9.36. The van der Waals surface area contributed by atoms with Crippen molar-refractivity contribution < 1.29 is 9.53 Å². The highest BCUT2D eigenvalue weighted by molar-refractivity contribution is 6.40. The Hall–Kier alpha value is -1.97. The standard InChI is InChI=1S/C12H14N2O2/c1-9(13)10(2)14-12(15)16-8-11-6-4-3-5-7-11/h3-7,13H,8H2,1-2H3/b13-9?,14-10+. The summed E-state index contributed by atoms with van der Waals surface area (Å²) in [6.45, 7) is 3.38. The van der Waals surface area contributed by atoms with Crippen molar-refractivity contribution in [3.63, 3.8) is 0 Å². The molecule has 0 aliphatic heterocycles. The molecule has 0 heterocycles. The van der Waals surface area contributed by atoms with E-state index in [9.17, 15) is 4.79 Å². The summed E-state index contributed by atoms with van der Waals surface area (Å²) < 4.78 is 4.93. The molecule has 0 aliphatic rings. The van der Waals surface area contributed by atoms with Crippen LogP contribution in [0.3, 0.4) is 0 Å². The first kappa shape index (κ1) is 12.1. The number of amides is 1. The highest BCUT2D eigenvalue weighted by atomic mass is 16.5. The first-order valence-corrected chi connectivity index (χ1v) is 4.91. The molecule has 0 fully saturated rings. The van der Waals surface area contributed by atoms with Crippen molar-refractivity contribution in [3.05, 3.63) is 35.9 Å². The van der Waals surface area contributed by atoms with Crippen molar-refractivity contribution in [1.29, 1.82) is 5.41 Å². The minimum absolute atomic E-state index is 0.202. The number of rotatable bonds is 3. The molecule has 1 rings (SSSR count). The first-order valence-electron chi connectivity index (χ1n) is 4.91. The summed E-state index contributed by atoms with van der Waals surface area (Å²) >= 11 is 0. The fraction of sp³-hybridized carbons (Fsp3) is 0.250. The van der Waals surface area contributed by atoms with Crippen LogP contribution in [0.4, 0.5) is 4.79 Å². The third kappa shape index (κ3) is 4.04. The maximum atomic E-state index is 11.2. The van der Waals surface area contributed by atoms with Crippen molar-refractivity contribution in [3.8, 4) is 0 Å². The normalized spacial score (nSPS) is 11.0. The monoisotopic (exact) mass is 218 g/mol. The topological polar surface area (TPSA) is 62.5 Å². The maximum absolute atomic E-state index is 11.2. The van der Waals surface area contributed by atoms with Gasteiger partial charge in [-0.05, 0) is 19.4 Å². The van der Waals surface area contributed by atoms with Gasteiger partial charge in [0.15, 0.2) is 0 Å². The largest absolute Gasteiger partial charge is 0.443 e. The summed E-state index contributed by atoms with van der Waals surface area (Å²) in [5, 5.41) is 7.25. The highest BCUT2D eigenvalue weighted by Gasteiger charge is 2.02. The Bertz CT molecular complexity index is 410. The molecule has 0 radical (unpaired) electrons. The van der Waals surface area contributed by atoms with Gasteiger partial charge in [-0.2, -0.15) is 4.99 Å². The van der Waals surface area contributed by atoms with Gasteiger partial charge in [0.25, 0.3) is 0 Å². The molecule has 4 nitrogen and oxygen atoms in total. The van der Waals surface area contributed by atoms with Gasteiger partial charge in [0.2, 0.25) is 0 Å². The molecule has 16 heavy (non-hydrogen) atoms. The van der Waals surface area contributed by atoms with Gasteiger partial charge in [0, 0.05) is 5.71 Å². The number of nitrogens with zero attached hydrogens (tertiary/aromatic N) is 1. The van der Waals surface area contributed by atoms with E-state index in [1.807, 2.05) is 30.3 Å². The van der Waals surface area contributed by atoms with Crippen LogP contribution in [0.1, 0.15) is 19.4 Å². The van der Waals surface area contributed by atoms with E-state index in [1.54, 1.807) is 13.8 Å². The van der Waals surface area contributed by atoms with Gasteiger partial charge >= 0.3 is 6.09 Å². The highest BCUT2D eigenvalue weighted by Crippen LogP contribution is 2.01. The lowest BCUT2D eigenvalue weighted by Crippen LogP contribution is -2.08. The molecule has 1 N–H and O–H groups in total. The van der Waals surface area contributed by atoms with Crippen molar-refractivity contribution >= 4 is 17.5 Å². The van der Waals surface area contributed by atoms with Gasteiger partial charge in [0.05, 0.1) is 5.71 Å². The minimum Gasteiger partial charge on any atom is -0.443 e. The van der Waals surface area contributed by atoms with E-state index < -0.39 is 6.09 Å². The number of benzene rings is 1. The second-order valence-electron chi connectivity index (χ2n) is 3.36. The van der Waals surface area contributed by atoms with E-state index in [0.717, 1.165) is 5.56 Å². The number of ether oxygens (including phenoxy) is 1. The predicted octanol–water partition coefficient (Wildman–Crippen LogP) is 2.82. The van der Waals surface area contributed by atoms with E-state index in [0.29, 0.717) is 5.71 Å². The van der Waals surface area contributed by atoms with Crippen LogP contribution in [0.5, 0.6) is 0 Å². The van der Waals surface area contributed by atoms with Gasteiger partial charge in [0.1, 0.15) is 6.61 Å². The Labute approximate surface area is 94.5 Å². The minimum atomic E-state index is -0.659. The molecule has 0 unspecified atom stereocenters. The van der Waals surface area contributed by atoms with Crippen LogP contribution in [-0.4, -0.2) is 17.5 Å². The molecule has 0 atom stereocenters. The smallest absolute Gasteiger partial charge is 0.434 e. The fourth-order valence-corrected chi connectivity index (χ4v) is 0.972. The van der Waals surface area contributed by atoms with Gasteiger partial charge in [-0.25, -0.2) is 4.79 Å². The zero-order valence-electron chi connectivity index (χ0n) is 9.36. The van der Waals surface area contributed by atoms with E-state index in [2.05, 4.69) is 4.99 Å². The third-order valence-corrected chi connectivity index (χ3v) is 2.01. The SMILES string of the molecule is CC(=N)/C(C)=N/C(=O)OCc1ccccc1. The lowest BCUT2D eigenvalue weighted by atomic mass is 10.2. The van der Waals surface area contributed by atoms with Gasteiger partial charge in [-0.15, -0.1) is 0 Å². The van der Waals surface area contributed by atoms with Crippen LogP contribution in [0.15, 0.2) is 35.3 Å². The molecule has 1 aromatic rings. The van der Waals surface area contributed by atoms with Crippen LogP contribution >= 0.6 is 0 Å². The molecule has 4 heteroatoms. The summed E-state index contributed by atoms with van der Waals surface area (Å²) in [6.07, 6.45) is -0.659. The van der Waals surface area contributed by atoms with E-state index in [-0.39, 0.29) is 12.3 Å². The Morgan fingerprint density at radius 1 is 1.31 bits per heavy atom. The Morgan fingerprint density at radius 3 is 2.50 bits per heavy atom. The number of aliphatic imine (C=N–C) groups is 1. The third-order valence-electron chi connectivity index (χ3n) is 2.01. The molecular weight excluding hydrogens is 204 g/mol. The molecule has 0 saturated heterocycles. The quantitative estimate of drug-likeness (QED) is 0.793. The predicted molar refractivity (Wildman–Crippen MR) is 63.1 cm³/mol. The van der Waals surface area contributed by atoms with Crippen molar-refractivity contribution in [1.82, 2.24) is 0 Å². The zero-order chi connectivity index (χ0) is 12.0. The van der Waals surface area contributed by atoms with E-state index >= 15 is 0 Å². The molecule has 0 aliphatic carbocycles. The van der Waals surface area contributed by atoms with Crippen LogP contribution in [0, 0.1) is 5.41 Å². The summed E-state index contributed by atoms with van der Waals surface area (Å²) in [5.74, 6) is 0. The van der Waals surface area contributed by atoms with Gasteiger partial charge in [-0.1, -0.05) is 30.3 Å². The van der Waals surface area contributed by atoms with Gasteiger partial charge < -0.3 is 10.1 Å². The molecule has 84 valence electrons.